The Bertz CT molecular complexity index is 684. The number of fused-ring (bicyclic) bond motifs is 1. The maximum Gasteiger partial charge on any atom is 0.244 e. The molecule has 3 nitrogen and oxygen atoms in total. The van der Waals surface area contributed by atoms with Crippen LogP contribution < -0.4 is 10.6 Å². The number of hydrogen-bond acceptors (Lipinski definition) is 2. The first kappa shape index (κ1) is 14.0. The van der Waals surface area contributed by atoms with Crippen LogP contribution in [0.2, 0.25) is 5.02 Å². The van der Waals surface area contributed by atoms with Crippen LogP contribution in [0.15, 0.2) is 42.5 Å². The van der Waals surface area contributed by atoms with E-state index in [1.165, 1.54) is 12.1 Å². The van der Waals surface area contributed by atoms with E-state index in [2.05, 4.69) is 0 Å². The predicted octanol–water partition coefficient (Wildman–Crippen LogP) is 2.90. The topological polar surface area (TPSA) is 46.3 Å². The molecule has 1 amide bonds. The highest BCUT2D eigenvalue weighted by atomic mass is 35.5. The molecule has 1 atom stereocenters. The molecule has 0 radical (unpaired) electrons. The molecule has 2 aromatic carbocycles. The number of hydrogen-bond donors (Lipinski definition) is 1. The molecule has 1 heterocycles. The number of halogens is 2. The minimum Gasteiger partial charge on any atom is -0.320 e. The molecule has 0 saturated heterocycles. The van der Waals surface area contributed by atoms with Gasteiger partial charge >= 0.3 is 0 Å². The summed E-state index contributed by atoms with van der Waals surface area (Å²) in [5.41, 5.74) is 8.39. The number of anilines is 1. The first-order valence-corrected chi connectivity index (χ1v) is 7.02. The van der Waals surface area contributed by atoms with Crippen molar-refractivity contribution >= 4 is 23.2 Å². The molecule has 3 rings (SSSR count). The number of benzene rings is 2. The Morgan fingerprint density at radius 1 is 1.29 bits per heavy atom. The van der Waals surface area contributed by atoms with Crippen LogP contribution in [-0.4, -0.2) is 11.9 Å². The van der Waals surface area contributed by atoms with Gasteiger partial charge in [0.25, 0.3) is 0 Å². The number of carbonyl (C=O) groups is 1. The molecule has 2 N–H and O–H groups in total. The van der Waals surface area contributed by atoms with Crippen LogP contribution in [0.25, 0.3) is 0 Å². The molecule has 5 heteroatoms. The molecule has 0 fully saturated rings. The van der Waals surface area contributed by atoms with Gasteiger partial charge in [0, 0.05) is 10.7 Å². The summed E-state index contributed by atoms with van der Waals surface area (Å²) in [6, 6.07) is 11.3. The fourth-order valence-electron chi connectivity index (χ4n) is 2.64. The second-order valence-electron chi connectivity index (χ2n) is 5.14. The van der Waals surface area contributed by atoms with Crippen molar-refractivity contribution in [2.45, 2.75) is 19.0 Å². The summed E-state index contributed by atoms with van der Waals surface area (Å²) in [5.74, 6) is -0.575. The number of nitrogens with zero attached hydrogens (tertiary/aromatic N) is 1. The number of carbonyl (C=O) groups excluding carboxylic acids is 1. The van der Waals surface area contributed by atoms with Gasteiger partial charge in [0.1, 0.15) is 5.82 Å². The van der Waals surface area contributed by atoms with Crippen molar-refractivity contribution in [3.05, 3.63) is 64.4 Å². The molecule has 0 saturated carbocycles. The van der Waals surface area contributed by atoms with Gasteiger partial charge < -0.3 is 10.6 Å². The zero-order valence-corrected chi connectivity index (χ0v) is 12.0. The first-order chi connectivity index (χ1) is 10.0. The van der Waals surface area contributed by atoms with Crippen molar-refractivity contribution in [1.82, 2.24) is 0 Å². The van der Waals surface area contributed by atoms with Crippen molar-refractivity contribution in [1.29, 1.82) is 0 Å². The summed E-state index contributed by atoms with van der Waals surface area (Å²) in [6.07, 6.45) is 0.523. The van der Waals surface area contributed by atoms with E-state index < -0.39 is 11.9 Å². The van der Waals surface area contributed by atoms with Crippen LogP contribution in [0.3, 0.4) is 0 Å². The van der Waals surface area contributed by atoms with Gasteiger partial charge in [0.05, 0.1) is 12.6 Å². The maximum atomic E-state index is 13.4. The third-order valence-electron chi connectivity index (χ3n) is 3.57. The molecular weight excluding hydrogens is 291 g/mol. The maximum absolute atomic E-state index is 13.4. The molecule has 1 unspecified atom stereocenters. The van der Waals surface area contributed by atoms with Crippen molar-refractivity contribution in [3.8, 4) is 0 Å². The quantitative estimate of drug-likeness (QED) is 0.927. The minimum absolute atomic E-state index is 0.158. The highest BCUT2D eigenvalue weighted by molar-refractivity contribution is 6.30. The standard InChI is InChI=1S/C16H14ClFN2O/c17-12-5-10(6-13(18)8-12)9-20-15-4-2-1-3-11(15)7-14(19)16(20)21/h1-6,8,14H,7,9,19H2. The SMILES string of the molecule is NC1Cc2ccccc2N(Cc2cc(F)cc(Cl)c2)C1=O. The zero-order chi connectivity index (χ0) is 15.0. The van der Waals surface area contributed by atoms with E-state index in [4.69, 9.17) is 17.3 Å². The Kier molecular flexibility index (Phi) is 3.66. The normalized spacial score (nSPS) is 17.8. The van der Waals surface area contributed by atoms with Crippen LogP contribution in [0.1, 0.15) is 11.1 Å². The molecule has 108 valence electrons. The van der Waals surface area contributed by atoms with E-state index in [1.54, 1.807) is 11.0 Å². The predicted molar refractivity (Wildman–Crippen MR) is 80.7 cm³/mol. The second kappa shape index (κ2) is 5.47. The Labute approximate surface area is 127 Å². The van der Waals surface area contributed by atoms with Gasteiger partial charge in [-0.05, 0) is 41.8 Å². The van der Waals surface area contributed by atoms with Gasteiger partial charge in [-0.1, -0.05) is 29.8 Å². The molecule has 2 aromatic rings. The summed E-state index contributed by atoms with van der Waals surface area (Å²) in [6.45, 7) is 0.251. The largest absolute Gasteiger partial charge is 0.320 e. The summed E-state index contributed by atoms with van der Waals surface area (Å²) >= 11 is 5.86. The van der Waals surface area contributed by atoms with E-state index in [-0.39, 0.29) is 12.5 Å². The molecule has 0 aliphatic carbocycles. The monoisotopic (exact) mass is 304 g/mol. The van der Waals surface area contributed by atoms with Gasteiger partial charge in [-0.3, -0.25) is 4.79 Å². The molecule has 21 heavy (non-hydrogen) atoms. The number of nitrogens with two attached hydrogens (primary N) is 1. The van der Waals surface area contributed by atoms with Crippen LogP contribution in [0.5, 0.6) is 0 Å². The van der Waals surface area contributed by atoms with E-state index in [0.717, 1.165) is 11.3 Å². The molecule has 1 aliphatic heterocycles. The van der Waals surface area contributed by atoms with Gasteiger partial charge in [-0.15, -0.1) is 0 Å². The molecule has 0 spiro atoms. The fourth-order valence-corrected chi connectivity index (χ4v) is 2.88. The third kappa shape index (κ3) is 2.77. The zero-order valence-electron chi connectivity index (χ0n) is 11.2. The smallest absolute Gasteiger partial charge is 0.244 e. The summed E-state index contributed by atoms with van der Waals surface area (Å²) in [4.78, 5) is 13.9. The second-order valence-corrected chi connectivity index (χ2v) is 5.58. The van der Waals surface area contributed by atoms with E-state index in [1.807, 2.05) is 24.3 Å². The molecule has 0 bridgehead atoms. The lowest BCUT2D eigenvalue weighted by Crippen LogP contribution is -2.48. The Morgan fingerprint density at radius 2 is 2.05 bits per heavy atom. The van der Waals surface area contributed by atoms with E-state index in [0.29, 0.717) is 17.0 Å². The average Bonchev–Trinajstić information content (AvgIpc) is 2.43. The van der Waals surface area contributed by atoms with Crippen molar-refractivity contribution in [2.75, 3.05) is 4.90 Å². The van der Waals surface area contributed by atoms with Crippen LogP contribution in [-0.2, 0) is 17.8 Å². The van der Waals surface area contributed by atoms with Crippen LogP contribution in [0, 0.1) is 5.82 Å². The lowest BCUT2D eigenvalue weighted by atomic mass is 9.97. The molecule has 1 aliphatic rings. The summed E-state index contributed by atoms with van der Waals surface area (Å²) in [5, 5.41) is 0.312. The van der Waals surface area contributed by atoms with Gasteiger partial charge in [0.15, 0.2) is 0 Å². The van der Waals surface area contributed by atoms with Gasteiger partial charge in [-0.25, -0.2) is 4.39 Å². The molecule has 0 aromatic heterocycles. The Balaban J connectivity index is 1.98. The average molecular weight is 305 g/mol. The van der Waals surface area contributed by atoms with Crippen LogP contribution in [0.4, 0.5) is 10.1 Å². The van der Waals surface area contributed by atoms with E-state index >= 15 is 0 Å². The highest BCUT2D eigenvalue weighted by Crippen LogP contribution is 2.29. The lowest BCUT2D eigenvalue weighted by Gasteiger charge is -2.32. The Morgan fingerprint density at radius 3 is 2.81 bits per heavy atom. The number of para-hydroxylation sites is 1. The number of amides is 1. The first-order valence-electron chi connectivity index (χ1n) is 6.64. The van der Waals surface area contributed by atoms with Crippen LogP contribution >= 0.6 is 11.6 Å². The fraction of sp³-hybridized carbons (Fsp3) is 0.188. The highest BCUT2D eigenvalue weighted by Gasteiger charge is 2.30. The van der Waals surface area contributed by atoms with Crippen molar-refractivity contribution in [3.63, 3.8) is 0 Å². The minimum atomic E-state index is -0.566. The molecular formula is C16H14ClFN2O. The van der Waals surface area contributed by atoms with Gasteiger partial charge in [-0.2, -0.15) is 0 Å². The van der Waals surface area contributed by atoms with Gasteiger partial charge in [0.2, 0.25) is 5.91 Å². The lowest BCUT2D eigenvalue weighted by molar-refractivity contribution is -0.120. The Hall–Kier alpha value is -1.91. The summed E-state index contributed by atoms with van der Waals surface area (Å²) < 4.78 is 13.4. The van der Waals surface area contributed by atoms with E-state index in [9.17, 15) is 9.18 Å². The third-order valence-corrected chi connectivity index (χ3v) is 3.79. The summed E-state index contributed by atoms with van der Waals surface area (Å²) in [7, 11) is 0. The van der Waals surface area contributed by atoms with Crippen molar-refractivity contribution in [2.24, 2.45) is 5.73 Å². The van der Waals surface area contributed by atoms with Crippen molar-refractivity contribution < 1.29 is 9.18 Å². The number of rotatable bonds is 2.